The molecule has 132 valence electrons. The highest BCUT2D eigenvalue weighted by Gasteiger charge is 2.33. The van der Waals surface area contributed by atoms with E-state index in [1.807, 2.05) is 0 Å². The minimum absolute atomic E-state index is 0.00614. The number of halogens is 2. The maximum atomic E-state index is 13.6. The smallest absolute Gasteiger partial charge is 0.170 e. The summed E-state index contributed by atoms with van der Waals surface area (Å²) in [5.74, 6) is 0.0202. The largest absolute Gasteiger partial charge is 0.297 e. The molecule has 2 aromatic rings. The van der Waals surface area contributed by atoms with Gasteiger partial charge in [0.05, 0.1) is 6.17 Å². The molecule has 0 bridgehead atoms. The van der Waals surface area contributed by atoms with Gasteiger partial charge >= 0.3 is 0 Å². The molecule has 5 nitrogen and oxygen atoms in total. The minimum atomic E-state index is -0.241. The number of aromatic nitrogens is 2. The Kier molecular flexibility index (Phi) is 4.58. The Labute approximate surface area is 150 Å². The second-order valence-electron chi connectivity index (χ2n) is 6.70. The number of rotatable bonds is 3. The van der Waals surface area contributed by atoms with Gasteiger partial charge in [0.25, 0.3) is 0 Å². The fraction of sp³-hybridized carbons (Fsp3) is 0.444. The molecule has 25 heavy (non-hydrogen) atoms. The van der Waals surface area contributed by atoms with Crippen molar-refractivity contribution in [2.45, 2.75) is 31.3 Å². The number of benzene rings is 1. The van der Waals surface area contributed by atoms with Crippen molar-refractivity contribution in [1.29, 1.82) is 0 Å². The molecule has 7 heteroatoms. The number of likely N-dealkylation sites (tertiary alicyclic amines) is 1. The van der Waals surface area contributed by atoms with Gasteiger partial charge in [-0.05, 0) is 42.5 Å². The highest BCUT2D eigenvalue weighted by molar-refractivity contribution is 6.31. The number of carbonyl (C=O) groups is 1. The summed E-state index contributed by atoms with van der Waals surface area (Å²) in [5.41, 5.74) is 3.41. The van der Waals surface area contributed by atoms with Crippen LogP contribution in [0.25, 0.3) is 0 Å². The Morgan fingerprint density at radius 1 is 1.32 bits per heavy atom. The number of hydrogen-bond donors (Lipinski definition) is 2. The number of H-pyrrole nitrogens is 1. The van der Waals surface area contributed by atoms with Crippen LogP contribution >= 0.6 is 11.6 Å². The lowest BCUT2D eigenvalue weighted by Crippen LogP contribution is -2.45. The van der Waals surface area contributed by atoms with E-state index in [0.29, 0.717) is 10.7 Å². The molecule has 1 aromatic heterocycles. The number of hydrogen-bond acceptors (Lipinski definition) is 4. The van der Waals surface area contributed by atoms with Gasteiger partial charge in [0, 0.05) is 42.3 Å². The predicted octanol–water partition coefficient (Wildman–Crippen LogP) is 3.04. The molecule has 1 atom stereocenters. The lowest BCUT2D eigenvalue weighted by atomic mass is 9.88. The first-order valence-corrected chi connectivity index (χ1v) is 9.00. The predicted molar refractivity (Wildman–Crippen MR) is 93.4 cm³/mol. The molecule has 0 spiro atoms. The van der Waals surface area contributed by atoms with Crippen molar-refractivity contribution >= 4 is 17.9 Å². The molecule has 0 amide bonds. The van der Waals surface area contributed by atoms with E-state index in [1.54, 1.807) is 12.1 Å². The molecule has 1 aromatic carbocycles. The van der Waals surface area contributed by atoms with Crippen LogP contribution in [-0.2, 0) is 6.42 Å². The third-order valence-electron chi connectivity index (χ3n) is 5.30. The maximum Gasteiger partial charge on any atom is 0.170 e. The highest BCUT2D eigenvalue weighted by Crippen LogP contribution is 2.36. The van der Waals surface area contributed by atoms with Crippen LogP contribution in [-0.4, -0.2) is 41.0 Å². The molecule has 2 N–H and O–H groups in total. The molecular formula is C18H20ClFN4O. The summed E-state index contributed by atoms with van der Waals surface area (Å²) in [5, 5.41) is 11.3. The Hall–Kier alpha value is -1.76. The van der Waals surface area contributed by atoms with Gasteiger partial charge < -0.3 is 0 Å². The van der Waals surface area contributed by atoms with Crippen LogP contribution in [0.1, 0.15) is 52.2 Å². The van der Waals surface area contributed by atoms with E-state index >= 15 is 0 Å². The van der Waals surface area contributed by atoms with E-state index in [1.165, 1.54) is 6.07 Å². The van der Waals surface area contributed by atoms with Crippen LogP contribution < -0.4 is 5.32 Å². The Morgan fingerprint density at radius 3 is 2.88 bits per heavy atom. The summed E-state index contributed by atoms with van der Waals surface area (Å²) in [6.07, 6.45) is 3.48. The van der Waals surface area contributed by atoms with Gasteiger partial charge in [-0.1, -0.05) is 11.6 Å². The van der Waals surface area contributed by atoms with Gasteiger partial charge in [0.15, 0.2) is 6.29 Å². The first-order valence-electron chi connectivity index (χ1n) is 8.62. The fourth-order valence-electron chi connectivity index (χ4n) is 4.03. The summed E-state index contributed by atoms with van der Waals surface area (Å²) in [6, 6.07) is 4.59. The summed E-state index contributed by atoms with van der Waals surface area (Å²) < 4.78 is 13.6. The van der Waals surface area contributed by atoms with Crippen molar-refractivity contribution in [2.75, 3.05) is 19.6 Å². The van der Waals surface area contributed by atoms with Gasteiger partial charge in [-0.3, -0.25) is 20.1 Å². The van der Waals surface area contributed by atoms with Crippen molar-refractivity contribution in [1.82, 2.24) is 20.4 Å². The van der Waals surface area contributed by atoms with Crippen LogP contribution in [0, 0.1) is 5.82 Å². The van der Waals surface area contributed by atoms with Crippen molar-refractivity contribution in [3.63, 3.8) is 0 Å². The zero-order valence-electron chi connectivity index (χ0n) is 13.8. The zero-order valence-corrected chi connectivity index (χ0v) is 14.5. The lowest BCUT2D eigenvalue weighted by Gasteiger charge is -2.40. The zero-order chi connectivity index (χ0) is 17.4. The first kappa shape index (κ1) is 16.7. The molecule has 0 saturated carbocycles. The normalized spacial score (nSPS) is 21.9. The minimum Gasteiger partial charge on any atom is -0.297 e. The topological polar surface area (TPSA) is 61.0 Å². The summed E-state index contributed by atoms with van der Waals surface area (Å²) in [4.78, 5) is 13.6. The number of aromatic amines is 1. The van der Waals surface area contributed by atoms with Gasteiger partial charge in [-0.2, -0.15) is 5.10 Å². The van der Waals surface area contributed by atoms with Crippen LogP contribution in [0.15, 0.2) is 18.2 Å². The number of carbonyl (C=O) groups excluding carboxylic acids is 1. The third-order valence-corrected chi connectivity index (χ3v) is 5.65. The standard InChI is InChI=1S/C18H20ClFN4O/c19-14-2-1-12(20)9-13(14)11-4-7-24(8-5-11)18-17-15(3-6-21-18)22-23-16(17)10-25/h1-2,9-11,18,21H,3-8H2,(H,22,23). The van der Waals surface area contributed by atoms with E-state index in [2.05, 4.69) is 20.4 Å². The average Bonchev–Trinajstić information content (AvgIpc) is 3.07. The lowest BCUT2D eigenvalue weighted by molar-refractivity contribution is 0.109. The monoisotopic (exact) mass is 362 g/mol. The van der Waals surface area contributed by atoms with E-state index in [4.69, 9.17) is 11.6 Å². The molecule has 1 saturated heterocycles. The van der Waals surface area contributed by atoms with Crippen LogP contribution in [0.5, 0.6) is 0 Å². The van der Waals surface area contributed by atoms with E-state index in [-0.39, 0.29) is 17.9 Å². The molecular weight excluding hydrogens is 343 g/mol. The van der Waals surface area contributed by atoms with Crippen molar-refractivity contribution in [3.8, 4) is 0 Å². The van der Waals surface area contributed by atoms with E-state index in [9.17, 15) is 9.18 Å². The van der Waals surface area contributed by atoms with E-state index < -0.39 is 0 Å². The average molecular weight is 363 g/mol. The quantitative estimate of drug-likeness (QED) is 0.824. The molecule has 4 rings (SSSR count). The SMILES string of the molecule is O=Cc1n[nH]c2c1C(N1CCC(c3cc(F)ccc3Cl)CC1)NCC2. The Balaban J connectivity index is 1.51. The summed E-state index contributed by atoms with van der Waals surface area (Å²) in [7, 11) is 0. The highest BCUT2D eigenvalue weighted by atomic mass is 35.5. The molecule has 1 fully saturated rings. The van der Waals surface area contributed by atoms with Crippen LogP contribution in [0.3, 0.4) is 0 Å². The summed E-state index contributed by atoms with van der Waals surface area (Å²) in [6.45, 7) is 2.57. The van der Waals surface area contributed by atoms with Gasteiger partial charge in [0.2, 0.25) is 0 Å². The van der Waals surface area contributed by atoms with Gasteiger partial charge in [0.1, 0.15) is 11.5 Å². The number of aldehydes is 1. The van der Waals surface area contributed by atoms with Crippen molar-refractivity contribution < 1.29 is 9.18 Å². The molecule has 2 aliphatic heterocycles. The molecule has 0 radical (unpaired) electrons. The molecule has 3 heterocycles. The number of fused-ring (bicyclic) bond motifs is 1. The van der Waals surface area contributed by atoms with Gasteiger partial charge in [-0.25, -0.2) is 4.39 Å². The first-order chi connectivity index (χ1) is 12.2. The molecule has 1 unspecified atom stereocenters. The van der Waals surface area contributed by atoms with Crippen molar-refractivity contribution in [3.05, 3.63) is 51.6 Å². The Morgan fingerprint density at radius 2 is 2.12 bits per heavy atom. The van der Waals surface area contributed by atoms with E-state index in [0.717, 1.165) is 62.0 Å². The van der Waals surface area contributed by atoms with Gasteiger partial charge in [-0.15, -0.1) is 0 Å². The van der Waals surface area contributed by atoms with Crippen LogP contribution in [0.4, 0.5) is 4.39 Å². The number of nitrogens with zero attached hydrogens (tertiary/aromatic N) is 2. The van der Waals surface area contributed by atoms with Crippen molar-refractivity contribution in [2.24, 2.45) is 0 Å². The maximum absolute atomic E-state index is 13.6. The number of piperidine rings is 1. The Bertz CT molecular complexity index is 785. The molecule has 0 aliphatic carbocycles. The number of nitrogens with one attached hydrogen (secondary N) is 2. The summed E-state index contributed by atoms with van der Waals surface area (Å²) >= 11 is 6.26. The third kappa shape index (κ3) is 3.10. The fourth-order valence-corrected chi connectivity index (χ4v) is 4.30. The second-order valence-corrected chi connectivity index (χ2v) is 7.11. The second kappa shape index (κ2) is 6.86. The molecule has 2 aliphatic rings. The van der Waals surface area contributed by atoms with Crippen LogP contribution in [0.2, 0.25) is 5.02 Å².